The number of hydrogen-bond acceptors (Lipinski definition) is 8. The Labute approximate surface area is 200 Å². The predicted octanol–water partition coefficient (Wildman–Crippen LogP) is 3.73. The lowest BCUT2D eigenvalue weighted by atomic mass is 10.1. The molecule has 10 heteroatoms. The van der Waals surface area contributed by atoms with Crippen LogP contribution in [0.1, 0.15) is 6.92 Å². The maximum atomic E-state index is 15.1. The molecule has 0 aliphatic carbocycles. The van der Waals surface area contributed by atoms with Crippen molar-refractivity contribution in [3.05, 3.63) is 52.6 Å². The van der Waals surface area contributed by atoms with Gasteiger partial charge in [0.05, 0.1) is 44.2 Å². The van der Waals surface area contributed by atoms with Crippen LogP contribution in [0, 0.1) is 5.82 Å². The van der Waals surface area contributed by atoms with E-state index in [9.17, 15) is 4.79 Å². The molecule has 0 spiro atoms. The van der Waals surface area contributed by atoms with Crippen LogP contribution in [0.3, 0.4) is 0 Å². The minimum Gasteiger partial charge on any atom is -0.493 e. The molecular formula is C25H25FN4O5. The van der Waals surface area contributed by atoms with Gasteiger partial charge in [0.2, 0.25) is 11.3 Å². The maximum Gasteiger partial charge on any atom is 0.263 e. The van der Waals surface area contributed by atoms with E-state index in [4.69, 9.17) is 18.7 Å². The van der Waals surface area contributed by atoms with Gasteiger partial charge in [0.1, 0.15) is 11.4 Å². The largest absolute Gasteiger partial charge is 0.493 e. The van der Waals surface area contributed by atoms with E-state index in [2.05, 4.69) is 10.1 Å². The van der Waals surface area contributed by atoms with Crippen molar-refractivity contribution in [2.75, 3.05) is 45.4 Å². The molecule has 4 aromatic rings. The molecule has 5 rings (SSSR count). The molecule has 0 bridgehead atoms. The highest BCUT2D eigenvalue weighted by atomic mass is 19.1. The number of ether oxygens (including phenoxy) is 3. The van der Waals surface area contributed by atoms with E-state index in [1.165, 1.54) is 20.3 Å². The first-order valence-corrected chi connectivity index (χ1v) is 11.3. The van der Waals surface area contributed by atoms with Gasteiger partial charge in [-0.15, -0.1) is 0 Å². The van der Waals surface area contributed by atoms with Gasteiger partial charge in [-0.2, -0.15) is 4.98 Å². The van der Waals surface area contributed by atoms with Crippen molar-refractivity contribution in [2.24, 2.45) is 0 Å². The topological polar surface area (TPSA) is 91.8 Å². The van der Waals surface area contributed by atoms with Crippen LogP contribution in [0.2, 0.25) is 0 Å². The zero-order valence-electron chi connectivity index (χ0n) is 19.7. The van der Waals surface area contributed by atoms with Crippen molar-refractivity contribution in [2.45, 2.75) is 13.5 Å². The quantitative estimate of drug-likeness (QED) is 0.412. The van der Waals surface area contributed by atoms with Gasteiger partial charge in [0, 0.05) is 31.2 Å². The van der Waals surface area contributed by atoms with Crippen molar-refractivity contribution in [1.29, 1.82) is 0 Å². The van der Waals surface area contributed by atoms with E-state index in [0.717, 1.165) is 0 Å². The number of rotatable bonds is 6. The zero-order chi connectivity index (χ0) is 24.5. The first-order chi connectivity index (χ1) is 17.0. The molecule has 182 valence electrons. The number of methoxy groups -OCH3 is 2. The second-order valence-electron chi connectivity index (χ2n) is 8.04. The van der Waals surface area contributed by atoms with Crippen molar-refractivity contribution >= 4 is 16.6 Å². The molecule has 0 radical (unpaired) electrons. The van der Waals surface area contributed by atoms with E-state index in [0.29, 0.717) is 61.1 Å². The summed E-state index contributed by atoms with van der Waals surface area (Å²) >= 11 is 0. The number of nitrogens with zero attached hydrogens (tertiary/aromatic N) is 4. The summed E-state index contributed by atoms with van der Waals surface area (Å²) in [5, 5.41) is 4.30. The number of halogens is 1. The van der Waals surface area contributed by atoms with Crippen molar-refractivity contribution in [3.63, 3.8) is 0 Å². The van der Waals surface area contributed by atoms with Crippen molar-refractivity contribution in [1.82, 2.24) is 14.7 Å². The van der Waals surface area contributed by atoms with E-state index in [-0.39, 0.29) is 28.1 Å². The van der Waals surface area contributed by atoms with Crippen molar-refractivity contribution < 1.29 is 23.1 Å². The van der Waals surface area contributed by atoms with Gasteiger partial charge >= 0.3 is 0 Å². The zero-order valence-corrected chi connectivity index (χ0v) is 19.7. The fraction of sp³-hybridized carbons (Fsp3) is 0.320. The van der Waals surface area contributed by atoms with Gasteiger partial charge in [0.15, 0.2) is 11.5 Å². The summed E-state index contributed by atoms with van der Waals surface area (Å²) in [6.07, 6.45) is 1.67. The van der Waals surface area contributed by atoms with Crippen molar-refractivity contribution in [3.8, 4) is 34.3 Å². The standard InChI is InChI=1S/C25H25FN4O5/c1-4-29-14-17(25-27-24(28-35-25)15-6-5-7-21(32-2)23(15)33-3)22(31)16-12-18(26)20(13-19(16)29)30-8-10-34-11-9-30/h5-7,12-14H,4,8-11H2,1-3H3. The first kappa shape index (κ1) is 22.9. The molecule has 0 N–H and O–H groups in total. The maximum absolute atomic E-state index is 15.1. The number of pyridine rings is 1. The second-order valence-corrected chi connectivity index (χ2v) is 8.04. The Hall–Kier alpha value is -3.92. The highest BCUT2D eigenvalue weighted by Gasteiger charge is 2.22. The molecule has 0 amide bonds. The molecule has 0 saturated carbocycles. The van der Waals surface area contributed by atoms with E-state index in [1.54, 1.807) is 30.5 Å². The molecular weight excluding hydrogens is 455 g/mol. The third-order valence-corrected chi connectivity index (χ3v) is 6.14. The average Bonchev–Trinajstić information content (AvgIpc) is 3.38. The summed E-state index contributed by atoms with van der Waals surface area (Å²) in [7, 11) is 3.06. The number of aryl methyl sites for hydroxylation is 1. The molecule has 9 nitrogen and oxygen atoms in total. The Morgan fingerprint density at radius 2 is 1.91 bits per heavy atom. The smallest absolute Gasteiger partial charge is 0.263 e. The average molecular weight is 480 g/mol. The lowest BCUT2D eigenvalue weighted by molar-refractivity contribution is 0.122. The number of benzene rings is 2. The lowest BCUT2D eigenvalue weighted by Gasteiger charge is -2.29. The monoisotopic (exact) mass is 480 g/mol. The van der Waals surface area contributed by atoms with Gasteiger partial charge in [-0.25, -0.2) is 4.39 Å². The van der Waals surface area contributed by atoms with Gasteiger partial charge in [-0.05, 0) is 31.2 Å². The molecule has 0 atom stereocenters. The Morgan fingerprint density at radius 3 is 2.63 bits per heavy atom. The van der Waals surface area contributed by atoms with Crippen LogP contribution in [0.5, 0.6) is 11.5 Å². The Kier molecular flexibility index (Phi) is 6.12. The van der Waals surface area contributed by atoms with Crippen LogP contribution in [-0.2, 0) is 11.3 Å². The molecule has 0 unspecified atom stereocenters. The minimum atomic E-state index is -0.455. The van der Waals surface area contributed by atoms with Crippen LogP contribution in [0.4, 0.5) is 10.1 Å². The molecule has 1 saturated heterocycles. The van der Waals surface area contributed by atoms with E-state index < -0.39 is 5.82 Å². The molecule has 3 heterocycles. The number of aromatic nitrogens is 3. The normalized spacial score (nSPS) is 13.9. The molecule has 35 heavy (non-hydrogen) atoms. The number of anilines is 1. The molecule has 2 aromatic carbocycles. The van der Waals surface area contributed by atoms with Gasteiger partial charge in [0.25, 0.3) is 5.89 Å². The third kappa shape index (κ3) is 3.99. The Morgan fingerprint density at radius 1 is 1.11 bits per heavy atom. The Bertz CT molecular complexity index is 1440. The molecule has 2 aromatic heterocycles. The number of fused-ring (bicyclic) bond motifs is 1. The van der Waals surface area contributed by atoms with E-state index >= 15 is 4.39 Å². The molecule has 1 aliphatic heterocycles. The summed E-state index contributed by atoms with van der Waals surface area (Å²) in [4.78, 5) is 19.8. The number of hydrogen-bond donors (Lipinski definition) is 0. The summed E-state index contributed by atoms with van der Waals surface area (Å²) in [6.45, 7) is 4.77. The van der Waals surface area contributed by atoms with Crippen LogP contribution < -0.4 is 19.8 Å². The lowest BCUT2D eigenvalue weighted by Crippen LogP contribution is -2.36. The van der Waals surface area contributed by atoms with Crippen LogP contribution >= 0.6 is 0 Å². The number of para-hydroxylation sites is 1. The molecule has 1 aliphatic rings. The highest BCUT2D eigenvalue weighted by Crippen LogP contribution is 2.37. The van der Waals surface area contributed by atoms with Crippen LogP contribution in [0.15, 0.2) is 45.8 Å². The van der Waals surface area contributed by atoms with E-state index in [1.807, 2.05) is 16.4 Å². The van der Waals surface area contributed by atoms with Gasteiger partial charge in [-0.3, -0.25) is 4.79 Å². The van der Waals surface area contributed by atoms with Gasteiger partial charge < -0.3 is 28.2 Å². The minimum absolute atomic E-state index is 0.0386. The number of morpholine rings is 1. The Balaban J connectivity index is 1.62. The van der Waals surface area contributed by atoms with Gasteiger partial charge in [-0.1, -0.05) is 11.2 Å². The summed E-state index contributed by atoms with van der Waals surface area (Å²) in [5.74, 6) is 0.791. The second kappa shape index (κ2) is 9.38. The third-order valence-electron chi connectivity index (χ3n) is 6.14. The first-order valence-electron chi connectivity index (χ1n) is 11.3. The van der Waals surface area contributed by atoms with Crippen LogP contribution in [0.25, 0.3) is 33.7 Å². The fourth-order valence-electron chi connectivity index (χ4n) is 4.37. The van der Waals surface area contributed by atoms with Crippen LogP contribution in [-0.4, -0.2) is 55.2 Å². The highest BCUT2D eigenvalue weighted by molar-refractivity contribution is 5.86. The SMILES string of the molecule is CCn1cc(-c2nc(-c3cccc(OC)c3OC)no2)c(=O)c2cc(F)c(N3CCOCC3)cc21. The summed E-state index contributed by atoms with van der Waals surface area (Å²) in [5.41, 5.74) is 1.46. The summed E-state index contributed by atoms with van der Waals surface area (Å²) in [6, 6.07) is 8.32. The summed E-state index contributed by atoms with van der Waals surface area (Å²) < 4.78 is 38.7. The molecule has 1 fully saturated rings. The predicted molar refractivity (Wildman–Crippen MR) is 129 cm³/mol. The fourth-order valence-corrected chi connectivity index (χ4v) is 4.37.